The summed E-state index contributed by atoms with van der Waals surface area (Å²) in [4.78, 5) is 34.9. The minimum atomic E-state index is -0.802. The van der Waals surface area contributed by atoms with Crippen molar-refractivity contribution in [3.63, 3.8) is 0 Å². The first kappa shape index (κ1) is 16.2. The molecular weight excluding hydrogens is 296 g/mol. The van der Waals surface area contributed by atoms with Crippen molar-refractivity contribution >= 4 is 29.0 Å². The highest BCUT2D eigenvalue weighted by molar-refractivity contribution is 6.43. The van der Waals surface area contributed by atoms with Crippen LogP contribution in [0.1, 0.15) is 17.3 Å². The zero-order chi connectivity index (χ0) is 16.8. The molecule has 118 valence electrons. The van der Waals surface area contributed by atoms with Gasteiger partial charge in [-0.15, -0.1) is 0 Å². The SMILES string of the molecule is COc1cccc(NC(=O)C(=O)Nc2ccc(C(C)=O)cc2)c1. The lowest BCUT2D eigenvalue weighted by Gasteiger charge is -2.08. The quantitative estimate of drug-likeness (QED) is 0.671. The molecule has 6 heteroatoms. The number of nitrogens with one attached hydrogen (secondary N) is 2. The second-order valence-corrected chi connectivity index (χ2v) is 4.77. The van der Waals surface area contributed by atoms with E-state index >= 15 is 0 Å². The number of rotatable bonds is 4. The fourth-order valence-corrected chi connectivity index (χ4v) is 1.86. The van der Waals surface area contributed by atoms with E-state index in [0.717, 1.165) is 0 Å². The van der Waals surface area contributed by atoms with Crippen molar-refractivity contribution in [3.05, 3.63) is 54.1 Å². The van der Waals surface area contributed by atoms with Gasteiger partial charge in [-0.1, -0.05) is 6.07 Å². The molecule has 0 radical (unpaired) electrons. The summed E-state index contributed by atoms with van der Waals surface area (Å²) in [5, 5.41) is 4.94. The van der Waals surface area contributed by atoms with Gasteiger partial charge in [0.15, 0.2) is 5.78 Å². The lowest BCUT2D eigenvalue weighted by atomic mass is 10.1. The average Bonchev–Trinajstić information content (AvgIpc) is 2.55. The molecule has 0 bridgehead atoms. The predicted octanol–water partition coefficient (Wildman–Crippen LogP) is 2.48. The Balaban J connectivity index is 1.99. The molecule has 2 aromatic rings. The summed E-state index contributed by atoms with van der Waals surface area (Å²) < 4.78 is 5.04. The summed E-state index contributed by atoms with van der Waals surface area (Å²) >= 11 is 0. The van der Waals surface area contributed by atoms with Gasteiger partial charge < -0.3 is 15.4 Å². The van der Waals surface area contributed by atoms with E-state index < -0.39 is 11.8 Å². The van der Waals surface area contributed by atoms with Gasteiger partial charge >= 0.3 is 11.8 Å². The summed E-state index contributed by atoms with van der Waals surface area (Å²) in [6, 6.07) is 13.0. The molecule has 6 nitrogen and oxygen atoms in total. The van der Waals surface area contributed by atoms with Crippen molar-refractivity contribution in [2.24, 2.45) is 0 Å². The fourth-order valence-electron chi connectivity index (χ4n) is 1.86. The number of amides is 2. The van der Waals surface area contributed by atoms with E-state index in [2.05, 4.69) is 10.6 Å². The van der Waals surface area contributed by atoms with E-state index in [1.165, 1.54) is 14.0 Å². The highest BCUT2D eigenvalue weighted by atomic mass is 16.5. The number of benzene rings is 2. The molecule has 0 unspecified atom stereocenters. The molecule has 23 heavy (non-hydrogen) atoms. The maximum absolute atomic E-state index is 11.9. The Bertz CT molecular complexity index is 739. The Kier molecular flexibility index (Phi) is 5.09. The van der Waals surface area contributed by atoms with Crippen LogP contribution in [0.2, 0.25) is 0 Å². The first-order valence-corrected chi connectivity index (χ1v) is 6.87. The second kappa shape index (κ2) is 7.22. The number of ketones is 1. The lowest BCUT2D eigenvalue weighted by molar-refractivity contribution is -0.132. The molecule has 0 saturated carbocycles. The smallest absolute Gasteiger partial charge is 0.314 e. The minimum Gasteiger partial charge on any atom is -0.497 e. The standard InChI is InChI=1S/C17H16N2O4/c1-11(20)12-6-8-13(9-7-12)18-16(21)17(22)19-14-4-3-5-15(10-14)23-2/h3-10H,1-2H3,(H,18,21)(H,19,22). The van der Waals surface area contributed by atoms with Crippen LogP contribution in [0, 0.1) is 0 Å². The molecule has 0 saturated heterocycles. The van der Waals surface area contributed by atoms with Crippen LogP contribution in [0.25, 0.3) is 0 Å². The zero-order valence-corrected chi connectivity index (χ0v) is 12.8. The molecule has 0 spiro atoms. The molecule has 0 aromatic heterocycles. The van der Waals surface area contributed by atoms with Crippen LogP contribution in [-0.4, -0.2) is 24.7 Å². The van der Waals surface area contributed by atoms with Crippen molar-refractivity contribution in [3.8, 4) is 5.75 Å². The monoisotopic (exact) mass is 312 g/mol. The summed E-state index contributed by atoms with van der Waals surface area (Å²) in [6.45, 7) is 1.45. The van der Waals surface area contributed by atoms with Crippen molar-refractivity contribution in [1.82, 2.24) is 0 Å². The molecule has 0 aliphatic carbocycles. The van der Waals surface area contributed by atoms with E-state index in [-0.39, 0.29) is 5.78 Å². The predicted molar refractivity (Wildman–Crippen MR) is 86.7 cm³/mol. The van der Waals surface area contributed by atoms with Crippen LogP contribution in [0.5, 0.6) is 5.75 Å². The van der Waals surface area contributed by atoms with Gasteiger partial charge in [0, 0.05) is 23.0 Å². The van der Waals surface area contributed by atoms with Gasteiger partial charge in [-0.3, -0.25) is 14.4 Å². The Hall–Kier alpha value is -3.15. The summed E-state index contributed by atoms with van der Waals surface area (Å²) in [5.41, 5.74) is 1.42. The number of carbonyl (C=O) groups excluding carboxylic acids is 3. The largest absolute Gasteiger partial charge is 0.497 e. The lowest BCUT2D eigenvalue weighted by Crippen LogP contribution is -2.29. The molecule has 2 N–H and O–H groups in total. The average molecular weight is 312 g/mol. The number of anilines is 2. The minimum absolute atomic E-state index is 0.0707. The first-order valence-electron chi connectivity index (χ1n) is 6.87. The number of hydrogen-bond donors (Lipinski definition) is 2. The second-order valence-electron chi connectivity index (χ2n) is 4.77. The maximum atomic E-state index is 11.9. The third-order valence-corrected chi connectivity index (χ3v) is 3.08. The molecule has 0 heterocycles. The molecule has 0 atom stereocenters. The Morgan fingerprint density at radius 3 is 2.04 bits per heavy atom. The summed E-state index contributed by atoms with van der Waals surface area (Å²) in [6.07, 6.45) is 0. The van der Waals surface area contributed by atoms with E-state index in [0.29, 0.717) is 22.7 Å². The van der Waals surface area contributed by atoms with Gasteiger partial charge in [0.05, 0.1) is 7.11 Å². The Morgan fingerprint density at radius 1 is 0.870 bits per heavy atom. The topological polar surface area (TPSA) is 84.5 Å². The van der Waals surface area contributed by atoms with Crippen LogP contribution < -0.4 is 15.4 Å². The van der Waals surface area contributed by atoms with Crippen LogP contribution in [0.3, 0.4) is 0 Å². The maximum Gasteiger partial charge on any atom is 0.314 e. The van der Waals surface area contributed by atoms with Crippen molar-refractivity contribution < 1.29 is 19.1 Å². The van der Waals surface area contributed by atoms with Gasteiger partial charge in [0.2, 0.25) is 0 Å². The van der Waals surface area contributed by atoms with Gasteiger partial charge in [-0.25, -0.2) is 0 Å². The zero-order valence-electron chi connectivity index (χ0n) is 12.8. The number of methoxy groups -OCH3 is 1. The van der Waals surface area contributed by atoms with E-state index in [9.17, 15) is 14.4 Å². The van der Waals surface area contributed by atoms with E-state index in [4.69, 9.17) is 4.74 Å². The number of Topliss-reactive ketones (excluding diaryl/α,β-unsaturated/α-hetero) is 1. The van der Waals surface area contributed by atoms with Crippen LogP contribution in [-0.2, 0) is 9.59 Å². The van der Waals surface area contributed by atoms with Crippen molar-refractivity contribution in [2.75, 3.05) is 17.7 Å². The summed E-state index contributed by atoms with van der Waals surface area (Å²) in [5.74, 6) is -1.10. The fraction of sp³-hybridized carbons (Fsp3) is 0.118. The van der Waals surface area contributed by atoms with Gasteiger partial charge in [-0.2, -0.15) is 0 Å². The molecule has 2 aromatic carbocycles. The number of ether oxygens (including phenoxy) is 1. The van der Waals surface area contributed by atoms with E-state index in [1.807, 2.05) is 0 Å². The third-order valence-electron chi connectivity index (χ3n) is 3.08. The van der Waals surface area contributed by atoms with Gasteiger partial charge in [0.25, 0.3) is 0 Å². The highest BCUT2D eigenvalue weighted by Crippen LogP contribution is 2.16. The first-order chi connectivity index (χ1) is 11.0. The Morgan fingerprint density at radius 2 is 1.48 bits per heavy atom. The molecule has 0 fully saturated rings. The molecule has 0 aliphatic rings. The normalized spacial score (nSPS) is 9.83. The van der Waals surface area contributed by atoms with E-state index in [1.54, 1.807) is 48.5 Å². The van der Waals surface area contributed by atoms with Crippen LogP contribution in [0.4, 0.5) is 11.4 Å². The molecule has 0 aliphatic heterocycles. The highest BCUT2D eigenvalue weighted by Gasteiger charge is 2.14. The molecule has 2 amide bonds. The van der Waals surface area contributed by atoms with Gasteiger partial charge in [-0.05, 0) is 43.3 Å². The van der Waals surface area contributed by atoms with Crippen LogP contribution in [0.15, 0.2) is 48.5 Å². The number of carbonyl (C=O) groups is 3. The third kappa shape index (κ3) is 4.41. The van der Waals surface area contributed by atoms with Crippen LogP contribution >= 0.6 is 0 Å². The summed E-state index contributed by atoms with van der Waals surface area (Å²) in [7, 11) is 1.51. The number of hydrogen-bond acceptors (Lipinski definition) is 4. The van der Waals surface area contributed by atoms with Gasteiger partial charge in [0.1, 0.15) is 5.75 Å². The van der Waals surface area contributed by atoms with Crippen molar-refractivity contribution in [2.45, 2.75) is 6.92 Å². The Labute approximate surface area is 133 Å². The molecule has 2 rings (SSSR count). The molecular formula is C17H16N2O4. The van der Waals surface area contributed by atoms with Crippen molar-refractivity contribution in [1.29, 1.82) is 0 Å².